The van der Waals surface area contributed by atoms with Crippen LogP contribution in [0.4, 0.5) is 0 Å². The summed E-state index contributed by atoms with van der Waals surface area (Å²) in [6, 6.07) is 0. The van der Waals surface area contributed by atoms with Crippen molar-refractivity contribution >= 4 is 64.6 Å². The molecule has 1 amide bonds. The first-order valence-corrected chi connectivity index (χ1v) is 20.6. The van der Waals surface area contributed by atoms with E-state index in [4.69, 9.17) is 9.26 Å². The summed E-state index contributed by atoms with van der Waals surface area (Å²) in [6.45, 7) is 3.90. The quantitative estimate of drug-likeness (QED) is 0.112. The van der Waals surface area contributed by atoms with Crippen molar-refractivity contribution in [1.29, 1.82) is 0 Å². The lowest BCUT2D eigenvalue weighted by molar-refractivity contribution is -0.121. The average Bonchev–Trinajstić information content (AvgIpc) is 3.23. The van der Waals surface area contributed by atoms with Crippen LogP contribution in [0.25, 0.3) is 0 Å². The molecule has 3 N–H and O–H groups in total. The van der Waals surface area contributed by atoms with Crippen LogP contribution in [0.1, 0.15) is 68.5 Å². The number of nitrogens with zero attached hydrogens (tertiary/aromatic N) is 2. The highest BCUT2D eigenvalue weighted by Gasteiger charge is 2.44. The summed E-state index contributed by atoms with van der Waals surface area (Å²) in [6.07, 6.45) is 0.241. The van der Waals surface area contributed by atoms with Gasteiger partial charge in [0.25, 0.3) is 5.56 Å². The van der Waals surface area contributed by atoms with Gasteiger partial charge in [-0.1, -0.05) is 42.9 Å². The zero-order valence-corrected chi connectivity index (χ0v) is 28.0. The fraction of sp³-hybridized carbons (Fsp3) is 0.708. The fourth-order valence-corrected chi connectivity index (χ4v) is 7.52. The van der Waals surface area contributed by atoms with Gasteiger partial charge >= 0.3 is 5.69 Å². The smallest absolute Gasteiger partial charge is 0.340 e. The number of ether oxygens (including phenoxy) is 1. The summed E-state index contributed by atoms with van der Waals surface area (Å²) < 4.78 is 12.6. The maximum Gasteiger partial charge on any atom is 0.340 e. The van der Waals surface area contributed by atoms with Crippen molar-refractivity contribution < 1.29 is 33.9 Å². The maximum absolute atomic E-state index is 13.1. The molecule has 1 aliphatic heterocycles. The number of aliphatic hydroxyl groups excluding tert-OH is 2. The first kappa shape index (κ1) is 36.5. The molecule has 1 aromatic heterocycles. The number of carbonyl (C=O) groups excluding carboxylic acids is 3. The van der Waals surface area contributed by atoms with Gasteiger partial charge in [0, 0.05) is 64.0 Å². The molecule has 2 rings (SSSR count). The van der Waals surface area contributed by atoms with Crippen LogP contribution in [0.15, 0.2) is 15.8 Å². The van der Waals surface area contributed by atoms with E-state index in [2.05, 4.69) is 14.2 Å². The van der Waals surface area contributed by atoms with Crippen molar-refractivity contribution in [1.82, 2.24) is 14.5 Å². The summed E-state index contributed by atoms with van der Waals surface area (Å²) in [5, 5.41) is 23.7. The molecular weight excluding hydrogens is 631 g/mol. The predicted octanol–water partition coefficient (Wildman–Crippen LogP) is 2.39. The number of carbonyl (C=O) groups is 3. The van der Waals surface area contributed by atoms with Crippen LogP contribution in [-0.4, -0.2) is 79.9 Å². The van der Waals surface area contributed by atoms with E-state index in [9.17, 15) is 34.2 Å². The molecule has 4 unspecified atom stereocenters. The van der Waals surface area contributed by atoms with Gasteiger partial charge in [-0.2, -0.15) is 4.57 Å². The Morgan fingerprint density at radius 1 is 1.10 bits per heavy atom. The van der Waals surface area contributed by atoms with E-state index in [0.29, 0.717) is 49.8 Å². The number of ketones is 1. The molecule has 41 heavy (non-hydrogen) atoms. The number of hydrogen-bond donors (Lipinski definition) is 3. The van der Waals surface area contributed by atoms with E-state index >= 15 is 0 Å². The van der Waals surface area contributed by atoms with Gasteiger partial charge in [0.05, 0.1) is 6.61 Å². The molecule has 17 heteroatoms. The van der Waals surface area contributed by atoms with Crippen LogP contribution in [0, 0.1) is 6.92 Å². The molecular formula is C24H40N3O9P3S2. The normalized spacial score (nSPS) is 20.9. The second-order valence-electron chi connectivity index (χ2n) is 9.34. The first-order chi connectivity index (χ1) is 19.6. The maximum atomic E-state index is 13.1. The van der Waals surface area contributed by atoms with Crippen LogP contribution >= 0.6 is 47.0 Å². The Kier molecular flexibility index (Phi) is 17.4. The number of rotatable bonds is 19. The largest absolute Gasteiger partial charge is 0.387 e. The minimum Gasteiger partial charge on any atom is -0.387 e. The molecule has 232 valence electrons. The van der Waals surface area contributed by atoms with Crippen LogP contribution in [-0.2, 0) is 18.8 Å². The molecule has 0 radical (unpaired) electrons. The Labute approximate surface area is 252 Å². The van der Waals surface area contributed by atoms with E-state index in [1.807, 2.05) is 6.92 Å². The molecule has 0 bridgehead atoms. The lowest BCUT2D eigenvalue weighted by Crippen LogP contribution is -2.47. The summed E-state index contributed by atoms with van der Waals surface area (Å²) in [5.74, 6) is 0.356. The van der Waals surface area contributed by atoms with Crippen LogP contribution in [0.3, 0.4) is 0 Å². The second kappa shape index (κ2) is 19.6. The highest BCUT2D eigenvalue weighted by molar-refractivity contribution is 8.76. The van der Waals surface area contributed by atoms with Gasteiger partial charge in [0.1, 0.15) is 24.1 Å². The highest BCUT2D eigenvalue weighted by Crippen LogP contribution is 2.44. The Hall–Kier alpha value is -0.680. The predicted molar refractivity (Wildman–Crippen MR) is 169 cm³/mol. The van der Waals surface area contributed by atoms with Crippen LogP contribution in [0.2, 0.25) is 0 Å². The number of hydrogen-bond acceptors (Lipinski definition) is 11. The Balaban J connectivity index is 1.80. The van der Waals surface area contributed by atoms with Crippen molar-refractivity contribution in [3.05, 3.63) is 32.6 Å². The highest BCUT2D eigenvalue weighted by atomic mass is 33.1. The molecule has 1 aromatic rings. The summed E-state index contributed by atoms with van der Waals surface area (Å²) in [4.78, 5) is 61.9. The monoisotopic (exact) mass is 671 g/mol. The number of aliphatic hydroxyl groups is 2. The van der Waals surface area contributed by atoms with Crippen molar-refractivity contribution in [2.24, 2.45) is 0 Å². The number of unbranched alkanes of at least 4 members (excludes halogenated alkanes) is 2. The van der Waals surface area contributed by atoms with Gasteiger partial charge in [0.15, 0.2) is 6.23 Å². The van der Waals surface area contributed by atoms with Crippen LogP contribution < -0.4 is 16.6 Å². The zero-order chi connectivity index (χ0) is 30.4. The molecule has 0 saturated carbocycles. The van der Waals surface area contributed by atoms with E-state index in [0.717, 1.165) is 23.8 Å². The number of Topliss-reactive ketones (excluding diaryl/α,β-unsaturated/α-hetero) is 1. The van der Waals surface area contributed by atoms with E-state index < -0.39 is 41.7 Å². The van der Waals surface area contributed by atoms with Crippen molar-refractivity contribution in [2.45, 2.75) is 83.3 Å². The Morgan fingerprint density at radius 3 is 2.49 bits per heavy atom. The Morgan fingerprint density at radius 2 is 1.80 bits per heavy atom. The van der Waals surface area contributed by atoms with E-state index in [1.54, 1.807) is 0 Å². The third-order valence-electron chi connectivity index (χ3n) is 6.27. The van der Waals surface area contributed by atoms with E-state index in [-0.39, 0.29) is 38.8 Å². The van der Waals surface area contributed by atoms with Gasteiger partial charge in [-0.05, 0) is 19.8 Å². The van der Waals surface area contributed by atoms with Crippen molar-refractivity contribution in [3.63, 3.8) is 0 Å². The molecule has 1 aliphatic rings. The summed E-state index contributed by atoms with van der Waals surface area (Å²) in [5.41, 5.74) is -1.60. The Bertz CT molecular complexity index is 1140. The lowest BCUT2D eigenvalue weighted by atomic mass is 10.1. The third kappa shape index (κ3) is 11.7. The van der Waals surface area contributed by atoms with Crippen LogP contribution in [0.5, 0.6) is 0 Å². The SMILES string of the molecule is CCC(=O)CCCCCNC(=O)CCSSCCC(=O)n1c(=O)c(C)cn([C@@H]2O[C@H](COPPP)C(O)[C@@H]2O)c1=O. The molecule has 1 saturated heterocycles. The van der Waals surface area contributed by atoms with Crippen molar-refractivity contribution in [2.75, 3.05) is 24.7 Å². The van der Waals surface area contributed by atoms with E-state index in [1.165, 1.54) is 34.7 Å². The zero-order valence-electron chi connectivity index (χ0n) is 23.2. The minimum atomic E-state index is -1.45. The molecule has 0 aliphatic carbocycles. The number of aryl methyl sites for hydroxylation is 1. The topological polar surface area (TPSA) is 166 Å². The molecule has 0 spiro atoms. The summed E-state index contributed by atoms with van der Waals surface area (Å²) >= 11 is 0. The van der Waals surface area contributed by atoms with Gasteiger partial charge in [-0.3, -0.25) is 23.7 Å². The average molecular weight is 672 g/mol. The number of aromatic nitrogens is 2. The lowest BCUT2D eigenvalue weighted by Gasteiger charge is -2.19. The third-order valence-corrected chi connectivity index (χ3v) is 11.0. The van der Waals surface area contributed by atoms with Gasteiger partial charge in [0.2, 0.25) is 11.8 Å². The van der Waals surface area contributed by atoms with Gasteiger partial charge < -0.3 is 24.8 Å². The van der Waals surface area contributed by atoms with Crippen molar-refractivity contribution in [3.8, 4) is 0 Å². The number of amides is 1. The number of nitrogens with one attached hydrogen (secondary N) is 1. The minimum absolute atomic E-state index is 0.0275. The van der Waals surface area contributed by atoms with Gasteiger partial charge in [-0.15, -0.1) is 8.93 Å². The molecule has 1 fully saturated rings. The fourth-order valence-electron chi connectivity index (χ4n) is 3.97. The second-order valence-corrected chi connectivity index (χ2v) is 16.9. The van der Waals surface area contributed by atoms with Gasteiger partial charge in [-0.25, -0.2) is 4.79 Å². The first-order valence-electron chi connectivity index (χ1n) is 13.4. The molecule has 0 aromatic carbocycles. The molecule has 7 atom stereocenters. The molecule has 12 nitrogen and oxygen atoms in total. The summed E-state index contributed by atoms with van der Waals surface area (Å²) in [7, 11) is 6.00. The standard InChI is InChI=1S/C24H40N3O9P3S2/c1-3-16(28)7-5-4-6-10-25-18(29)8-11-40-41-12-9-19(30)27-22(33)15(2)13-26(24(27)34)23-21(32)20(31)17(36-23)14-35-38-39-37/h13,17,20-21,23,31-32,38-39H,3-12,14,37H2,1-2H3,(H,25,29)/t17-,20?,21+,23-/m1/s1. The molecule has 2 heterocycles.